The molecule has 0 spiro atoms. The van der Waals surface area contributed by atoms with Crippen LogP contribution in [0.5, 0.6) is 0 Å². The van der Waals surface area contributed by atoms with Crippen LogP contribution in [0.15, 0.2) is 18.2 Å². The van der Waals surface area contributed by atoms with Crippen molar-refractivity contribution in [3.8, 4) is 0 Å². The Balaban J connectivity index is 2.08. The number of piperazine rings is 1. The highest BCUT2D eigenvalue weighted by molar-refractivity contribution is 5.78. The molecule has 1 aromatic rings. The van der Waals surface area contributed by atoms with Crippen LogP contribution < -0.4 is 5.32 Å². The van der Waals surface area contributed by atoms with E-state index in [4.69, 9.17) is 0 Å². The molecule has 4 heteroatoms. The van der Waals surface area contributed by atoms with Crippen molar-refractivity contribution in [1.82, 2.24) is 10.2 Å². The van der Waals surface area contributed by atoms with E-state index in [1.807, 2.05) is 11.0 Å². The molecule has 86 valence electrons. The van der Waals surface area contributed by atoms with E-state index >= 15 is 0 Å². The summed E-state index contributed by atoms with van der Waals surface area (Å²) in [5.74, 6) is -0.140. The fourth-order valence-corrected chi connectivity index (χ4v) is 1.89. The van der Waals surface area contributed by atoms with Gasteiger partial charge in [-0.1, -0.05) is 12.1 Å². The highest BCUT2D eigenvalue weighted by Gasteiger charge is 2.17. The maximum atomic E-state index is 13.3. The van der Waals surface area contributed by atoms with Crippen molar-refractivity contribution in [2.75, 3.05) is 19.6 Å². The Morgan fingerprint density at radius 1 is 1.50 bits per heavy atom. The van der Waals surface area contributed by atoms with E-state index in [9.17, 15) is 9.18 Å². The first-order valence-electron chi connectivity index (χ1n) is 5.40. The van der Waals surface area contributed by atoms with Gasteiger partial charge in [0.1, 0.15) is 5.82 Å². The van der Waals surface area contributed by atoms with E-state index in [1.54, 1.807) is 13.0 Å². The topological polar surface area (TPSA) is 32.3 Å². The molecule has 0 saturated carbocycles. The summed E-state index contributed by atoms with van der Waals surface area (Å²) in [6.45, 7) is 4.30. The molecule has 1 heterocycles. The second-order valence-electron chi connectivity index (χ2n) is 4.08. The Labute approximate surface area is 94.3 Å². The molecule has 0 radical (unpaired) electrons. The van der Waals surface area contributed by atoms with Crippen LogP contribution in [0.2, 0.25) is 0 Å². The first-order valence-corrected chi connectivity index (χ1v) is 5.40. The summed E-state index contributed by atoms with van der Waals surface area (Å²) >= 11 is 0. The minimum absolute atomic E-state index is 0.0420. The maximum absolute atomic E-state index is 13.3. The molecular weight excluding hydrogens is 207 g/mol. The van der Waals surface area contributed by atoms with Gasteiger partial charge in [0.2, 0.25) is 5.91 Å². The number of carbonyl (C=O) groups is 1. The van der Waals surface area contributed by atoms with Gasteiger partial charge in [0.15, 0.2) is 0 Å². The van der Waals surface area contributed by atoms with E-state index < -0.39 is 0 Å². The number of carbonyl (C=O) groups excluding carboxylic acids is 1. The number of nitrogens with one attached hydrogen (secondary N) is 1. The molecular formula is C12H15FN2O. The van der Waals surface area contributed by atoms with Crippen LogP contribution in [0.25, 0.3) is 0 Å². The van der Waals surface area contributed by atoms with Crippen LogP contribution in [-0.2, 0) is 11.3 Å². The van der Waals surface area contributed by atoms with Gasteiger partial charge >= 0.3 is 0 Å². The summed E-state index contributed by atoms with van der Waals surface area (Å²) in [6.07, 6.45) is 0. The van der Waals surface area contributed by atoms with Gasteiger partial charge in [0.05, 0.1) is 6.54 Å². The fourth-order valence-electron chi connectivity index (χ4n) is 1.89. The highest BCUT2D eigenvalue weighted by atomic mass is 19.1. The predicted molar refractivity (Wildman–Crippen MR) is 59.4 cm³/mol. The van der Waals surface area contributed by atoms with Crippen LogP contribution in [0.3, 0.4) is 0 Å². The molecule has 0 aliphatic carbocycles. The summed E-state index contributed by atoms with van der Waals surface area (Å²) in [5.41, 5.74) is 1.63. The summed E-state index contributed by atoms with van der Waals surface area (Å²) in [7, 11) is 0. The Hall–Kier alpha value is -1.42. The van der Waals surface area contributed by atoms with Crippen LogP contribution >= 0.6 is 0 Å². The van der Waals surface area contributed by atoms with Crippen LogP contribution in [0, 0.1) is 12.7 Å². The molecule has 2 rings (SSSR count). The monoisotopic (exact) mass is 222 g/mol. The number of nitrogens with zero attached hydrogens (tertiary/aromatic N) is 1. The van der Waals surface area contributed by atoms with Crippen molar-refractivity contribution >= 4 is 5.91 Å². The average Bonchev–Trinajstić information content (AvgIpc) is 2.25. The Morgan fingerprint density at radius 3 is 3.06 bits per heavy atom. The highest BCUT2D eigenvalue weighted by Crippen LogP contribution is 2.14. The zero-order valence-corrected chi connectivity index (χ0v) is 9.29. The summed E-state index contributed by atoms with van der Waals surface area (Å²) < 4.78 is 13.3. The minimum atomic E-state index is -0.182. The molecule has 1 fully saturated rings. The zero-order chi connectivity index (χ0) is 11.5. The van der Waals surface area contributed by atoms with E-state index in [0.717, 1.165) is 12.1 Å². The van der Waals surface area contributed by atoms with Crippen molar-refractivity contribution in [3.63, 3.8) is 0 Å². The third-order valence-corrected chi connectivity index (χ3v) is 2.89. The van der Waals surface area contributed by atoms with Crippen molar-refractivity contribution in [1.29, 1.82) is 0 Å². The zero-order valence-electron chi connectivity index (χ0n) is 9.29. The maximum Gasteiger partial charge on any atom is 0.234 e. The lowest BCUT2D eigenvalue weighted by molar-refractivity contribution is -0.124. The van der Waals surface area contributed by atoms with E-state index in [-0.39, 0.29) is 11.7 Å². The van der Waals surface area contributed by atoms with Crippen molar-refractivity contribution < 1.29 is 9.18 Å². The lowest BCUT2D eigenvalue weighted by Crippen LogP contribution is -2.47. The number of amides is 1. The number of benzene rings is 1. The van der Waals surface area contributed by atoms with Crippen molar-refractivity contribution in [2.24, 2.45) is 0 Å². The number of hydrogen-bond donors (Lipinski definition) is 1. The largest absolute Gasteiger partial charge is 0.354 e. The van der Waals surface area contributed by atoms with Crippen LogP contribution in [0.1, 0.15) is 11.1 Å². The van der Waals surface area contributed by atoms with Gasteiger partial charge in [-0.3, -0.25) is 9.69 Å². The van der Waals surface area contributed by atoms with Gasteiger partial charge in [-0.2, -0.15) is 0 Å². The first-order chi connectivity index (χ1) is 7.66. The van der Waals surface area contributed by atoms with Crippen molar-refractivity contribution in [2.45, 2.75) is 13.5 Å². The fraction of sp³-hybridized carbons (Fsp3) is 0.417. The second-order valence-corrected chi connectivity index (χ2v) is 4.08. The molecule has 16 heavy (non-hydrogen) atoms. The lowest BCUT2D eigenvalue weighted by atomic mass is 10.1. The quantitative estimate of drug-likeness (QED) is 0.811. The summed E-state index contributed by atoms with van der Waals surface area (Å²) in [4.78, 5) is 13.2. The van der Waals surface area contributed by atoms with Crippen LogP contribution in [0.4, 0.5) is 4.39 Å². The standard InChI is InChI=1S/C12H15FN2O/c1-9-10(3-2-4-11(9)13)7-15-6-5-14-12(16)8-15/h2-4H,5-8H2,1H3,(H,14,16). The van der Waals surface area contributed by atoms with Gasteiger partial charge in [-0.05, 0) is 24.1 Å². The van der Waals surface area contributed by atoms with Gasteiger partial charge in [0, 0.05) is 19.6 Å². The Kier molecular flexibility index (Phi) is 3.19. The second kappa shape index (κ2) is 4.61. The van der Waals surface area contributed by atoms with Gasteiger partial charge < -0.3 is 5.32 Å². The number of rotatable bonds is 2. The molecule has 0 atom stereocenters. The Bertz CT molecular complexity index is 406. The predicted octanol–water partition coefficient (Wildman–Crippen LogP) is 1.07. The summed E-state index contributed by atoms with van der Waals surface area (Å²) in [6, 6.07) is 5.08. The SMILES string of the molecule is Cc1c(F)cccc1CN1CCNC(=O)C1. The molecule has 1 aliphatic heterocycles. The van der Waals surface area contributed by atoms with Gasteiger partial charge in [0.25, 0.3) is 0 Å². The number of halogens is 1. The molecule has 1 saturated heterocycles. The minimum Gasteiger partial charge on any atom is -0.354 e. The van der Waals surface area contributed by atoms with Crippen molar-refractivity contribution in [3.05, 3.63) is 35.1 Å². The molecule has 1 N–H and O–H groups in total. The summed E-state index contributed by atoms with van der Waals surface area (Å²) in [5, 5.41) is 2.77. The molecule has 0 aromatic heterocycles. The average molecular weight is 222 g/mol. The van der Waals surface area contributed by atoms with Gasteiger partial charge in [-0.15, -0.1) is 0 Å². The molecule has 3 nitrogen and oxygen atoms in total. The van der Waals surface area contributed by atoms with E-state index in [0.29, 0.717) is 25.2 Å². The molecule has 1 aromatic carbocycles. The van der Waals surface area contributed by atoms with E-state index in [1.165, 1.54) is 6.07 Å². The Morgan fingerprint density at radius 2 is 2.31 bits per heavy atom. The van der Waals surface area contributed by atoms with E-state index in [2.05, 4.69) is 5.32 Å². The third kappa shape index (κ3) is 2.39. The normalized spacial score (nSPS) is 17.2. The molecule has 0 bridgehead atoms. The van der Waals surface area contributed by atoms with Crippen LogP contribution in [-0.4, -0.2) is 30.4 Å². The molecule has 0 unspecified atom stereocenters. The molecule has 1 aliphatic rings. The smallest absolute Gasteiger partial charge is 0.234 e. The lowest BCUT2D eigenvalue weighted by Gasteiger charge is -2.27. The first kappa shape index (κ1) is 11.1. The number of hydrogen-bond acceptors (Lipinski definition) is 2. The molecule has 1 amide bonds. The van der Waals surface area contributed by atoms with Gasteiger partial charge in [-0.25, -0.2) is 4.39 Å². The third-order valence-electron chi connectivity index (χ3n) is 2.89.